The zero-order chi connectivity index (χ0) is 34.0. The van der Waals surface area contributed by atoms with E-state index in [9.17, 15) is 22.4 Å². The van der Waals surface area contributed by atoms with Crippen LogP contribution in [0.25, 0.3) is 0 Å². The highest BCUT2D eigenvalue weighted by Gasteiger charge is 2.34. The number of anilines is 1. The fraction of sp³-hybridized carbons (Fsp3) is 0.278. The molecule has 0 unspecified atom stereocenters. The fourth-order valence-corrected chi connectivity index (χ4v) is 6.57. The van der Waals surface area contributed by atoms with Crippen molar-refractivity contribution in [2.45, 2.75) is 44.7 Å². The molecule has 0 saturated heterocycles. The molecule has 0 heterocycles. The number of sulfonamides is 1. The quantitative estimate of drug-likeness (QED) is 0.155. The topological polar surface area (TPSA) is 96.0 Å². The van der Waals surface area contributed by atoms with Crippen LogP contribution < -0.4 is 14.4 Å². The standard InChI is InChI=1S/C36H39ClFN3O5S/c1-4-46-32-17-15-31(16-18-32)41(47(44,45)33-19-13-30(38)14-20-33)25-35(42)40(24-28-11-8-12-29(37)21-28)34(36(43)39-23-26(2)3)22-27-9-6-5-7-10-27/h5-21,26,34H,4,22-25H2,1-3H3,(H,39,43)/t34-/m1/s1. The third-order valence-electron chi connectivity index (χ3n) is 7.31. The summed E-state index contributed by atoms with van der Waals surface area (Å²) in [6.45, 7) is 5.91. The Hall–Kier alpha value is -4.41. The van der Waals surface area contributed by atoms with Gasteiger partial charge in [0.25, 0.3) is 10.0 Å². The maximum absolute atomic E-state index is 14.5. The monoisotopic (exact) mass is 679 g/mol. The van der Waals surface area contributed by atoms with E-state index in [0.717, 1.165) is 34.1 Å². The molecule has 4 aromatic rings. The van der Waals surface area contributed by atoms with Crippen molar-refractivity contribution in [1.29, 1.82) is 0 Å². The normalized spacial score (nSPS) is 12.0. The molecule has 0 aliphatic heterocycles. The molecule has 0 saturated carbocycles. The Labute approximate surface area is 281 Å². The second-order valence-electron chi connectivity index (χ2n) is 11.4. The summed E-state index contributed by atoms with van der Waals surface area (Å²) < 4.78 is 48.5. The highest BCUT2D eigenvalue weighted by molar-refractivity contribution is 7.92. The number of carbonyl (C=O) groups excluding carboxylic acids is 2. The summed E-state index contributed by atoms with van der Waals surface area (Å²) in [5.74, 6) is -0.910. The third kappa shape index (κ3) is 9.79. The lowest BCUT2D eigenvalue weighted by molar-refractivity contribution is -0.140. The molecule has 8 nitrogen and oxygen atoms in total. The molecule has 0 aliphatic rings. The van der Waals surface area contributed by atoms with Crippen molar-refractivity contribution in [2.24, 2.45) is 5.92 Å². The Morgan fingerprint density at radius 2 is 1.55 bits per heavy atom. The first-order chi connectivity index (χ1) is 22.5. The van der Waals surface area contributed by atoms with Gasteiger partial charge >= 0.3 is 0 Å². The van der Waals surface area contributed by atoms with Crippen molar-refractivity contribution in [2.75, 3.05) is 24.0 Å². The number of rotatable bonds is 15. The molecular weight excluding hydrogens is 641 g/mol. The van der Waals surface area contributed by atoms with E-state index in [2.05, 4.69) is 5.32 Å². The van der Waals surface area contributed by atoms with E-state index in [1.807, 2.05) is 51.1 Å². The molecule has 0 fully saturated rings. The van der Waals surface area contributed by atoms with Gasteiger partial charge in [-0.15, -0.1) is 0 Å². The lowest BCUT2D eigenvalue weighted by atomic mass is 10.0. The van der Waals surface area contributed by atoms with Crippen molar-refractivity contribution in [3.8, 4) is 5.75 Å². The summed E-state index contributed by atoms with van der Waals surface area (Å²) >= 11 is 6.30. The molecule has 0 aliphatic carbocycles. The zero-order valence-electron chi connectivity index (χ0n) is 26.6. The largest absolute Gasteiger partial charge is 0.494 e. The van der Waals surface area contributed by atoms with Crippen molar-refractivity contribution in [3.63, 3.8) is 0 Å². The Kier molecular flexibility index (Phi) is 12.4. The Bertz CT molecular complexity index is 1740. The summed E-state index contributed by atoms with van der Waals surface area (Å²) in [7, 11) is -4.37. The van der Waals surface area contributed by atoms with Gasteiger partial charge in [-0.1, -0.05) is 67.9 Å². The molecule has 248 valence electrons. The average molecular weight is 680 g/mol. The van der Waals surface area contributed by atoms with Gasteiger partial charge < -0.3 is 15.0 Å². The molecule has 0 radical (unpaired) electrons. The van der Waals surface area contributed by atoms with E-state index in [1.165, 1.54) is 17.0 Å². The number of benzene rings is 4. The van der Waals surface area contributed by atoms with E-state index in [1.54, 1.807) is 36.4 Å². The lowest BCUT2D eigenvalue weighted by Gasteiger charge is -2.34. The smallest absolute Gasteiger partial charge is 0.264 e. The van der Waals surface area contributed by atoms with E-state index in [4.69, 9.17) is 16.3 Å². The molecule has 47 heavy (non-hydrogen) atoms. The molecule has 4 aromatic carbocycles. The van der Waals surface area contributed by atoms with Gasteiger partial charge in [0.2, 0.25) is 11.8 Å². The maximum atomic E-state index is 14.5. The minimum atomic E-state index is -4.37. The molecule has 1 N–H and O–H groups in total. The SMILES string of the molecule is CCOc1ccc(N(CC(=O)N(Cc2cccc(Cl)c2)[C@H](Cc2ccccc2)C(=O)NCC(C)C)S(=O)(=O)c2ccc(F)cc2)cc1. The van der Waals surface area contributed by atoms with Crippen molar-refractivity contribution >= 4 is 39.1 Å². The van der Waals surface area contributed by atoms with Gasteiger partial charge in [-0.05, 0) is 84.6 Å². The molecule has 4 rings (SSSR count). The molecule has 0 aromatic heterocycles. The van der Waals surface area contributed by atoms with Gasteiger partial charge in [-0.2, -0.15) is 0 Å². The van der Waals surface area contributed by atoms with Crippen LogP contribution in [-0.4, -0.2) is 50.9 Å². The van der Waals surface area contributed by atoms with E-state index in [-0.39, 0.29) is 35.4 Å². The van der Waals surface area contributed by atoms with Gasteiger partial charge in [0.1, 0.15) is 24.2 Å². The average Bonchev–Trinajstić information content (AvgIpc) is 3.05. The zero-order valence-corrected chi connectivity index (χ0v) is 28.2. The number of ether oxygens (including phenoxy) is 1. The first-order valence-corrected chi connectivity index (χ1v) is 17.2. The molecule has 0 bridgehead atoms. The predicted octanol–water partition coefficient (Wildman–Crippen LogP) is 6.49. The van der Waals surface area contributed by atoms with Gasteiger partial charge in [-0.3, -0.25) is 13.9 Å². The Morgan fingerprint density at radius 3 is 2.17 bits per heavy atom. The van der Waals surface area contributed by atoms with Crippen LogP contribution in [0.1, 0.15) is 31.9 Å². The van der Waals surface area contributed by atoms with Crippen LogP contribution in [0.4, 0.5) is 10.1 Å². The van der Waals surface area contributed by atoms with Crippen LogP contribution in [0.2, 0.25) is 5.02 Å². The van der Waals surface area contributed by atoms with Gasteiger partial charge in [-0.25, -0.2) is 12.8 Å². The Balaban J connectivity index is 1.80. The highest BCUT2D eigenvalue weighted by atomic mass is 35.5. The fourth-order valence-electron chi connectivity index (χ4n) is 4.95. The van der Waals surface area contributed by atoms with Crippen LogP contribution in [0, 0.1) is 11.7 Å². The number of carbonyl (C=O) groups is 2. The number of hydrogen-bond acceptors (Lipinski definition) is 5. The summed E-state index contributed by atoms with van der Waals surface area (Å²) in [6, 6.07) is 26.0. The Morgan fingerprint density at radius 1 is 0.894 bits per heavy atom. The van der Waals surface area contributed by atoms with Crippen LogP contribution in [0.15, 0.2) is 108 Å². The van der Waals surface area contributed by atoms with Crippen LogP contribution in [-0.2, 0) is 32.6 Å². The summed E-state index contributed by atoms with van der Waals surface area (Å²) in [6.07, 6.45) is 0.185. The van der Waals surface area contributed by atoms with Gasteiger partial charge in [0, 0.05) is 24.5 Å². The third-order valence-corrected chi connectivity index (χ3v) is 9.34. The number of hydrogen-bond donors (Lipinski definition) is 1. The summed E-state index contributed by atoms with van der Waals surface area (Å²) in [5.41, 5.74) is 1.68. The van der Waals surface area contributed by atoms with Crippen LogP contribution in [0.3, 0.4) is 0 Å². The van der Waals surface area contributed by atoms with E-state index < -0.39 is 34.3 Å². The second-order valence-corrected chi connectivity index (χ2v) is 13.7. The van der Waals surface area contributed by atoms with Gasteiger partial charge in [0.05, 0.1) is 17.2 Å². The molecule has 2 amide bonds. The number of halogens is 2. The second kappa shape index (κ2) is 16.4. The van der Waals surface area contributed by atoms with Crippen molar-refractivity contribution in [3.05, 3.63) is 125 Å². The van der Waals surface area contributed by atoms with Crippen LogP contribution in [0.5, 0.6) is 5.75 Å². The summed E-state index contributed by atoms with van der Waals surface area (Å²) in [5, 5.41) is 3.41. The first kappa shape index (κ1) is 35.4. The number of nitrogens with zero attached hydrogens (tertiary/aromatic N) is 2. The maximum Gasteiger partial charge on any atom is 0.264 e. The predicted molar refractivity (Wildman–Crippen MR) is 182 cm³/mol. The highest BCUT2D eigenvalue weighted by Crippen LogP contribution is 2.27. The van der Waals surface area contributed by atoms with Gasteiger partial charge in [0.15, 0.2) is 0 Å². The number of nitrogens with one attached hydrogen (secondary N) is 1. The molecular formula is C36H39ClFN3O5S. The first-order valence-electron chi connectivity index (χ1n) is 15.3. The minimum absolute atomic E-state index is 0.0142. The van der Waals surface area contributed by atoms with E-state index in [0.29, 0.717) is 29.5 Å². The van der Waals surface area contributed by atoms with Crippen molar-refractivity contribution < 1.29 is 27.1 Å². The summed E-state index contributed by atoms with van der Waals surface area (Å²) in [4.78, 5) is 29.6. The minimum Gasteiger partial charge on any atom is -0.494 e. The number of amides is 2. The van der Waals surface area contributed by atoms with E-state index >= 15 is 0 Å². The molecule has 0 spiro atoms. The molecule has 11 heteroatoms. The molecule has 1 atom stereocenters. The van der Waals surface area contributed by atoms with Crippen molar-refractivity contribution in [1.82, 2.24) is 10.2 Å². The van der Waals surface area contributed by atoms with Crippen LogP contribution >= 0.6 is 11.6 Å². The lowest BCUT2D eigenvalue weighted by Crippen LogP contribution is -2.53.